The van der Waals surface area contributed by atoms with Crippen molar-refractivity contribution in [2.75, 3.05) is 19.6 Å². The van der Waals surface area contributed by atoms with Gasteiger partial charge in [0.2, 0.25) is 0 Å². The van der Waals surface area contributed by atoms with Gasteiger partial charge in [0.15, 0.2) is 0 Å². The molecule has 6 atom stereocenters. The zero-order valence-corrected chi connectivity index (χ0v) is 20.4. The van der Waals surface area contributed by atoms with Gasteiger partial charge >= 0.3 is 0 Å². The van der Waals surface area contributed by atoms with E-state index in [0.717, 1.165) is 12.2 Å². The number of nitrogens with zero attached hydrogens (tertiary/aromatic N) is 1. The van der Waals surface area contributed by atoms with Crippen LogP contribution in [0.5, 0.6) is 5.75 Å². The van der Waals surface area contributed by atoms with E-state index >= 15 is 0 Å². The van der Waals surface area contributed by atoms with Gasteiger partial charge in [-0.25, -0.2) is 0 Å². The fourth-order valence-electron chi connectivity index (χ4n) is 5.81. The molecule has 2 fully saturated rings. The molecule has 1 aromatic rings. The van der Waals surface area contributed by atoms with Gasteiger partial charge in [0.05, 0.1) is 12.2 Å². The predicted octanol–water partition coefficient (Wildman–Crippen LogP) is 4.69. The second-order valence-corrected chi connectivity index (χ2v) is 10.2. The molecular weight excluding hydrogens is 410 g/mol. The molecule has 0 unspecified atom stereocenters. The number of hydrogen-bond donors (Lipinski definition) is 2. The van der Waals surface area contributed by atoms with E-state index in [1.165, 1.54) is 62.9 Å². The molecule has 0 aromatic heterocycles. The van der Waals surface area contributed by atoms with E-state index < -0.39 is 12.2 Å². The van der Waals surface area contributed by atoms with Gasteiger partial charge < -0.3 is 19.8 Å². The Morgan fingerprint density at radius 2 is 2.03 bits per heavy atom. The van der Waals surface area contributed by atoms with Gasteiger partial charge in [-0.3, -0.25) is 0 Å². The monoisotopic (exact) mass is 451 g/mol. The number of ether oxygens (including phenoxy) is 1. The predicted molar refractivity (Wildman–Crippen MR) is 133 cm³/mol. The molecule has 1 saturated carbocycles. The second kappa shape index (κ2) is 11.6. The molecule has 33 heavy (non-hydrogen) atoms. The molecule has 3 aliphatic rings. The lowest BCUT2D eigenvalue weighted by Gasteiger charge is -2.26. The van der Waals surface area contributed by atoms with Gasteiger partial charge in [-0.05, 0) is 70.1 Å². The molecule has 0 radical (unpaired) electrons. The molecular formula is C29H41NO3. The largest absolute Gasteiger partial charge is 0.489 e. The number of rotatable bonds is 9. The third-order valence-corrected chi connectivity index (χ3v) is 7.82. The molecule has 1 saturated heterocycles. The van der Waals surface area contributed by atoms with Crippen molar-refractivity contribution in [3.05, 3.63) is 41.5 Å². The summed E-state index contributed by atoms with van der Waals surface area (Å²) in [6, 6.07) is 6.53. The molecule has 4 heteroatoms. The average molecular weight is 452 g/mol. The number of fused-ring (bicyclic) bond motifs is 3. The summed E-state index contributed by atoms with van der Waals surface area (Å²) in [7, 11) is 0. The maximum absolute atomic E-state index is 10.7. The van der Waals surface area contributed by atoms with Crippen molar-refractivity contribution < 1.29 is 14.9 Å². The zero-order chi connectivity index (χ0) is 23.2. The van der Waals surface area contributed by atoms with Gasteiger partial charge in [-0.2, -0.15) is 0 Å². The molecule has 4 nitrogen and oxygen atoms in total. The fraction of sp³-hybridized carbons (Fsp3) is 0.655. The Kier molecular flexibility index (Phi) is 8.52. The van der Waals surface area contributed by atoms with E-state index in [2.05, 4.69) is 34.9 Å². The number of likely N-dealkylation sites (tertiary alicyclic amines) is 1. The van der Waals surface area contributed by atoms with Crippen LogP contribution in [-0.4, -0.2) is 53.1 Å². The smallest absolute Gasteiger partial charge is 0.126 e. The molecule has 2 aliphatic heterocycles. The minimum atomic E-state index is -0.551. The summed E-state index contributed by atoms with van der Waals surface area (Å²) in [5.74, 6) is 7.22. The summed E-state index contributed by atoms with van der Waals surface area (Å²) in [5.41, 5.74) is 2.55. The van der Waals surface area contributed by atoms with Crippen LogP contribution in [0.25, 0.3) is 0 Å². The maximum atomic E-state index is 10.7. The van der Waals surface area contributed by atoms with Crippen LogP contribution in [-0.2, 0) is 6.42 Å². The first-order chi connectivity index (χ1) is 16.1. The summed E-state index contributed by atoms with van der Waals surface area (Å²) in [5, 5.41) is 21.3. The van der Waals surface area contributed by atoms with E-state index in [-0.39, 0.29) is 23.9 Å². The Morgan fingerprint density at radius 3 is 2.82 bits per heavy atom. The molecule has 0 bridgehead atoms. The van der Waals surface area contributed by atoms with E-state index in [1.807, 2.05) is 26.0 Å². The number of aliphatic hydroxyl groups is 2. The summed E-state index contributed by atoms with van der Waals surface area (Å²) in [6.45, 7) is 7.59. The van der Waals surface area contributed by atoms with Crippen LogP contribution in [0.1, 0.15) is 75.8 Å². The van der Waals surface area contributed by atoms with Gasteiger partial charge in [0.25, 0.3) is 0 Å². The Bertz CT molecular complexity index is 863. The molecule has 0 spiro atoms. The van der Waals surface area contributed by atoms with E-state index in [9.17, 15) is 10.2 Å². The minimum absolute atomic E-state index is 0.0234. The fourth-order valence-corrected chi connectivity index (χ4v) is 5.81. The summed E-state index contributed by atoms with van der Waals surface area (Å²) in [4.78, 5) is 2.61. The lowest BCUT2D eigenvalue weighted by atomic mass is 9.86. The maximum Gasteiger partial charge on any atom is 0.126 e. The molecule has 1 aromatic carbocycles. The van der Waals surface area contributed by atoms with Crippen LogP contribution in [0.3, 0.4) is 0 Å². The molecule has 4 rings (SSSR count). The van der Waals surface area contributed by atoms with Gasteiger partial charge in [0, 0.05) is 30.2 Å². The Labute approximate surface area is 200 Å². The summed E-state index contributed by atoms with van der Waals surface area (Å²) in [6.07, 6.45) is 11.8. The van der Waals surface area contributed by atoms with Crippen LogP contribution in [0.15, 0.2) is 30.4 Å². The third kappa shape index (κ3) is 5.83. The summed E-state index contributed by atoms with van der Waals surface area (Å²) >= 11 is 0. The van der Waals surface area contributed by atoms with E-state index in [0.29, 0.717) is 12.8 Å². The lowest BCUT2D eigenvalue weighted by Crippen LogP contribution is -2.30. The van der Waals surface area contributed by atoms with E-state index in [1.54, 1.807) is 0 Å². The molecule has 2 heterocycles. The number of aliphatic hydroxyl groups excluding tert-OH is 2. The van der Waals surface area contributed by atoms with Crippen molar-refractivity contribution in [2.24, 2.45) is 11.8 Å². The van der Waals surface area contributed by atoms with Crippen molar-refractivity contribution in [2.45, 2.75) is 89.4 Å². The first-order valence-electron chi connectivity index (χ1n) is 13.0. The number of para-hydroxylation sites is 1. The quantitative estimate of drug-likeness (QED) is 0.325. The molecule has 180 valence electrons. The Morgan fingerprint density at radius 1 is 1.21 bits per heavy atom. The second-order valence-electron chi connectivity index (χ2n) is 10.2. The topological polar surface area (TPSA) is 52.9 Å². The number of piperidine rings is 1. The van der Waals surface area contributed by atoms with Crippen molar-refractivity contribution in [1.29, 1.82) is 0 Å². The Balaban J connectivity index is 1.38. The van der Waals surface area contributed by atoms with Crippen LogP contribution in [0.4, 0.5) is 0 Å². The number of hydrogen-bond acceptors (Lipinski definition) is 4. The average Bonchev–Trinajstić information content (AvgIpc) is 3.34. The first kappa shape index (κ1) is 24.3. The SMILES string of the molecule is CC#CC[C@@H](C)[C@H](O)/C=C/[C@@H]1[C@H]2c3cccc(CCCCN4CCCCC4)c3O[C@H]2C[C@H]1O. The van der Waals surface area contributed by atoms with Crippen molar-refractivity contribution in [3.8, 4) is 17.6 Å². The summed E-state index contributed by atoms with van der Waals surface area (Å²) < 4.78 is 6.43. The number of benzene rings is 1. The molecule has 1 aliphatic carbocycles. The molecule has 2 N–H and O–H groups in total. The highest BCUT2D eigenvalue weighted by Crippen LogP contribution is 2.52. The minimum Gasteiger partial charge on any atom is -0.489 e. The highest BCUT2D eigenvalue weighted by molar-refractivity contribution is 5.49. The van der Waals surface area contributed by atoms with Crippen molar-refractivity contribution >= 4 is 0 Å². The van der Waals surface area contributed by atoms with Crippen molar-refractivity contribution in [1.82, 2.24) is 4.90 Å². The standard InChI is InChI=1S/C29H41NO3/c1-3-4-11-21(2)25(31)16-15-23-26(32)20-27-28(23)24-14-10-13-22(29(24)33-27)12-6-9-19-30-17-7-5-8-18-30/h10,13-16,21,23,25-28,31-32H,5-9,11-12,17-20H2,1-2H3/b16-15+/t21-,23+,25-,26-,27+,28+/m1/s1. The lowest BCUT2D eigenvalue weighted by molar-refractivity contribution is 0.134. The Hall–Kier alpha value is -1.80. The van der Waals surface area contributed by atoms with Crippen LogP contribution < -0.4 is 4.74 Å². The van der Waals surface area contributed by atoms with Gasteiger partial charge in [-0.1, -0.05) is 43.7 Å². The normalized spacial score (nSPS) is 28.6. The highest BCUT2D eigenvalue weighted by Gasteiger charge is 2.48. The van der Waals surface area contributed by atoms with Crippen molar-refractivity contribution in [3.63, 3.8) is 0 Å². The van der Waals surface area contributed by atoms with Gasteiger partial charge in [-0.15, -0.1) is 11.8 Å². The van der Waals surface area contributed by atoms with E-state index in [4.69, 9.17) is 4.74 Å². The highest BCUT2D eigenvalue weighted by atomic mass is 16.5. The number of unbranched alkanes of at least 4 members (excludes halogenated alkanes) is 1. The van der Waals surface area contributed by atoms with Crippen LogP contribution in [0.2, 0.25) is 0 Å². The number of aryl methyl sites for hydroxylation is 1. The van der Waals surface area contributed by atoms with Crippen LogP contribution >= 0.6 is 0 Å². The third-order valence-electron chi connectivity index (χ3n) is 7.82. The first-order valence-corrected chi connectivity index (χ1v) is 13.0. The van der Waals surface area contributed by atoms with Gasteiger partial charge in [0.1, 0.15) is 11.9 Å². The zero-order valence-electron chi connectivity index (χ0n) is 20.4. The molecule has 0 amide bonds. The van der Waals surface area contributed by atoms with Crippen LogP contribution in [0, 0.1) is 23.7 Å².